The first-order valence-corrected chi connectivity index (χ1v) is 9.76. The van der Waals surface area contributed by atoms with Crippen molar-refractivity contribution in [2.45, 2.75) is 40.3 Å². The number of anilines is 1. The maximum Gasteiger partial charge on any atom is 0.265 e. The SMILES string of the molecule is CCN(CC)Cc1cccc(NC(=O)C(Oc2ccccc2C#N)C(C)C)c1. The summed E-state index contributed by atoms with van der Waals surface area (Å²) in [7, 11) is 0. The van der Waals surface area contributed by atoms with E-state index in [1.807, 2.05) is 32.0 Å². The van der Waals surface area contributed by atoms with Crippen LogP contribution in [0.3, 0.4) is 0 Å². The van der Waals surface area contributed by atoms with Crippen molar-refractivity contribution in [3.63, 3.8) is 0 Å². The van der Waals surface area contributed by atoms with Crippen molar-refractivity contribution < 1.29 is 9.53 Å². The van der Waals surface area contributed by atoms with Gasteiger partial charge in [-0.1, -0.05) is 52.0 Å². The van der Waals surface area contributed by atoms with Gasteiger partial charge in [-0.05, 0) is 48.8 Å². The summed E-state index contributed by atoms with van der Waals surface area (Å²) in [6.45, 7) is 10.9. The van der Waals surface area contributed by atoms with Crippen LogP contribution in [-0.4, -0.2) is 30.0 Å². The molecule has 0 fully saturated rings. The molecule has 0 heterocycles. The maximum absolute atomic E-state index is 12.9. The van der Waals surface area contributed by atoms with Gasteiger partial charge >= 0.3 is 0 Å². The molecule has 0 saturated heterocycles. The van der Waals surface area contributed by atoms with Gasteiger partial charge in [0.25, 0.3) is 5.91 Å². The van der Waals surface area contributed by atoms with Crippen LogP contribution in [0.15, 0.2) is 48.5 Å². The van der Waals surface area contributed by atoms with Crippen LogP contribution in [-0.2, 0) is 11.3 Å². The van der Waals surface area contributed by atoms with Crippen LogP contribution in [0.25, 0.3) is 0 Å². The quantitative estimate of drug-likeness (QED) is 0.699. The molecule has 0 aliphatic rings. The fraction of sp³-hybridized carbons (Fsp3) is 0.391. The van der Waals surface area contributed by atoms with Gasteiger partial charge in [0.15, 0.2) is 6.10 Å². The van der Waals surface area contributed by atoms with E-state index in [4.69, 9.17) is 4.74 Å². The summed E-state index contributed by atoms with van der Waals surface area (Å²) in [5, 5.41) is 12.2. The van der Waals surface area contributed by atoms with E-state index in [1.165, 1.54) is 0 Å². The van der Waals surface area contributed by atoms with Crippen LogP contribution in [0.5, 0.6) is 5.75 Å². The molecule has 5 nitrogen and oxygen atoms in total. The van der Waals surface area contributed by atoms with E-state index in [1.54, 1.807) is 24.3 Å². The van der Waals surface area contributed by atoms with Crippen molar-refractivity contribution in [3.8, 4) is 11.8 Å². The molecule has 0 saturated carbocycles. The summed E-state index contributed by atoms with van der Waals surface area (Å²) in [6, 6.07) is 17.0. The minimum Gasteiger partial charge on any atom is -0.479 e. The van der Waals surface area contributed by atoms with E-state index in [0.717, 1.165) is 30.9 Å². The van der Waals surface area contributed by atoms with E-state index >= 15 is 0 Å². The van der Waals surface area contributed by atoms with Crippen LogP contribution < -0.4 is 10.1 Å². The zero-order valence-corrected chi connectivity index (χ0v) is 17.1. The van der Waals surface area contributed by atoms with Crippen LogP contribution >= 0.6 is 0 Å². The van der Waals surface area contributed by atoms with Crippen LogP contribution in [0.1, 0.15) is 38.8 Å². The average Bonchev–Trinajstić information content (AvgIpc) is 2.70. The summed E-state index contributed by atoms with van der Waals surface area (Å²) in [6.07, 6.45) is -0.694. The normalized spacial score (nSPS) is 11.9. The number of carbonyl (C=O) groups is 1. The monoisotopic (exact) mass is 379 g/mol. The molecule has 148 valence electrons. The Morgan fingerprint density at radius 3 is 2.50 bits per heavy atom. The number of nitriles is 1. The van der Waals surface area contributed by atoms with Crippen molar-refractivity contribution in [1.29, 1.82) is 5.26 Å². The predicted octanol–water partition coefficient (Wildman–Crippen LogP) is 4.44. The lowest BCUT2D eigenvalue weighted by Crippen LogP contribution is -2.37. The lowest BCUT2D eigenvalue weighted by molar-refractivity contribution is -0.124. The van der Waals surface area contributed by atoms with Gasteiger partial charge in [-0.15, -0.1) is 0 Å². The number of ether oxygens (including phenoxy) is 1. The second kappa shape index (κ2) is 10.5. The molecule has 0 aliphatic heterocycles. The molecule has 0 aromatic heterocycles. The molecule has 5 heteroatoms. The van der Waals surface area contributed by atoms with Crippen molar-refractivity contribution in [2.24, 2.45) is 5.92 Å². The Kier molecular flexibility index (Phi) is 8.03. The summed E-state index contributed by atoms with van der Waals surface area (Å²) in [5.41, 5.74) is 2.32. The van der Waals surface area contributed by atoms with E-state index in [2.05, 4.69) is 36.2 Å². The first kappa shape index (κ1) is 21.5. The summed E-state index contributed by atoms with van der Waals surface area (Å²) < 4.78 is 5.92. The second-order valence-corrected chi connectivity index (χ2v) is 7.04. The Morgan fingerprint density at radius 2 is 1.86 bits per heavy atom. The zero-order chi connectivity index (χ0) is 20.5. The van der Waals surface area contributed by atoms with Crippen LogP contribution in [0.2, 0.25) is 0 Å². The Balaban J connectivity index is 2.13. The zero-order valence-electron chi connectivity index (χ0n) is 17.1. The maximum atomic E-state index is 12.9. The highest BCUT2D eigenvalue weighted by molar-refractivity contribution is 5.94. The molecule has 1 N–H and O–H groups in total. The lowest BCUT2D eigenvalue weighted by atomic mass is 10.1. The highest BCUT2D eigenvalue weighted by atomic mass is 16.5. The van der Waals surface area contributed by atoms with E-state index in [0.29, 0.717) is 11.3 Å². The van der Waals surface area contributed by atoms with Crippen LogP contribution in [0, 0.1) is 17.2 Å². The topological polar surface area (TPSA) is 65.4 Å². The summed E-state index contributed by atoms with van der Waals surface area (Å²) in [4.78, 5) is 15.2. The van der Waals surface area contributed by atoms with Crippen molar-refractivity contribution in [2.75, 3.05) is 18.4 Å². The largest absolute Gasteiger partial charge is 0.479 e. The third-order valence-electron chi connectivity index (χ3n) is 4.62. The second-order valence-electron chi connectivity index (χ2n) is 7.04. The van der Waals surface area contributed by atoms with Gasteiger partial charge in [0, 0.05) is 12.2 Å². The minimum atomic E-state index is -0.694. The molecule has 2 aromatic carbocycles. The molecule has 2 rings (SSSR count). The van der Waals surface area contributed by atoms with Gasteiger partial charge in [0.2, 0.25) is 0 Å². The fourth-order valence-electron chi connectivity index (χ4n) is 2.96. The highest BCUT2D eigenvalue weighted by Crippen LogP contribution is 2.22. The molecule has 0 bridgehead atoms. The van der Waals surface area contributed by atoms with Gasteiger partial charge in [0.05, 0.1) is 5.56 Å². The molecule has 2 aromatic rings. The van der Waals surface area contributed by atoms with Gasteiger partial charge in [0.1, 0.15) is 11.8 Å². The summed E-state index contributed by atoms with van der Waals surface area (Å²) in [5.74, 6) is 0.155. The number of nitrogens with zero attached hydrogens (tertiary/aromatic N) is 2. The predicted molar refractivity (Wildman–Crippen MR) is 112 cm³/mol. The number of carbonyl (C=O) groups excluding carboxylic acids is 1. The fourth-order valence-corrected chi connectivity index (χ4v) is 2.96. The third-order valence-corrected chi connectivity index (χ3v) is 4.62. The Hall–Kier alpha value is -2.84. The highest BCUT2D eigenvalue weighted by Gasteiger charge is 2.25. The molecule has 0 spiro atoms. The number of rotatable bonds is 9. The van der Waals surface area contributed by atoms with Gasteiger partial charge in [-0.25, -0.2) is 0 Å². The smallest absolute Gasteiger partial charge is 0.265 e. The molecule has 0 radical (unpaired) electrons. The van der Waals surface area contributed by atoms with Gasteiger partial charge < -0.3 is 10.1 Å². The number of amides is 1. The van der Waals surface area contributed by atoms with Gasteiger partial charge in [-0.2, -0.15) is 5.26 Å². The van der Waals surface area contributed by atoms with Crippen molar-refractivity contribution in [1.82, 2.24) is 4.90 Å². The molecule has 1 atom stereocenters. The number of benzene rings is 2. The molecule has 28 heavy (non-hydrogen) atoms. The summed E-state index contributed by atoms with van der Waals surface area (Å²) >= 11 is 0. The first-order chi connectivity index (χ1) is 13.5. The Labute approximate surface area is 167 Å². The molecule has 1 unspecified atom stereocenters. The molecular formula is C23H29N3O2. The van der Waals surface area contributed by atoms with E-state index in [9.17, 15) is 10.1 Å². The standard InChI is InChI=1S/C23H29N3O2/c1-5-26(6-2)16-18-10-9-12-20(14-18)25-23(27)22(17(3)4)28-21-13-8-7-11-19(21)15-24/h7-14,17,22H,5-6,16H2,1-4H3,(H,25,27). The minimum absolute atomic E-state index is 0.0504. The Morgan fingerprint density at radius 1 is 1.14 bits per heavy atom. The van der Waals surface area contributed by atoms with Crippen molar-refractivity contribution in [3.05, 3.63) is 59.7 Å². The number of hydrogen-bond acceptors (Lipinski definition) is 4. The van der Waals surface area contributed by atoms with E-state index < -0.39 is 6.10 Å². The Bertz CT molecular complexity index is 823. The lowest BCUT2D eigenvalue weighted by Gasteiger charge is -2.23. The molecule has 1 amide bonds. The van der Waals surface area contributed by atoms with E-state index in [-0.39, 0.29) is 11.8 Å². The number of hydrogen-bond donors (Lipinski definition) is 1. The van der Waals surface area contributed by atoms with Crippen LogP contribution in [0.4, 0.5) is 5.69 Å². The molecule has 0 aliphatic carbocycles. The first-order valence-electron chi connectivity index (χ1n) is 9.76. The van der Waals surface area contributed by atoms with Gasteiger partial charge in [-0.3, -0.25) is 9.69 Å². The third kappa shape index (κ3) is 5.83. The number of para-hydroxylation sites is 1. The van der Waals surface area contributed by atoms with Crippen molar-refractivity contribution >= 4 is 11.6 Å². The molecular weight excluding hydrogens is 350 g/mol. The number of nitrogens with one attached hydrogen (secondary N) is 1. The average molecular weight is 380 g/mol.